The highest BCUT2D eigenvalue weighted by Crippen LogP contribution is 2.22. The number of fused-ring (bicyclic) bond motifs is 1. The maximum absolute atomic E-state index is 9.16. The number of aliphatic hydroxyl groups is 1. The molecule has 0 aliphatic heterocycles. The predicted molar refractivity (Wildman–Crippen MR) is 73.1 cm³/mol. The molecule has 0 aliphatic rings. The van der Waals surface area contributed by atoms with E-state index in [9.17, 15) is 0 Å². The van der Waals surface area contributed by atoms with Gasteiger partial charge in [0, 0.05) is 17.1 Å². The summed E-state index contributed by atoms with van der Waals surface area (Å²) in [5, 5.41) is 11.5. The van der Waals surface area contributed by atoms with Crippen LogP contribution in [0.1, 0.15) is 5.56 Å². The van der Waals surface area contributed by atoms with Gasteiger partial charge in [0.2, 0.25) is 0 Å². The predicted octanol–water partition coefficient (Wildman–Crippen LogP) is 3.39. The molecule has 0 saturated carbocycles. The molecule has 0 amide bonds. The summed E-state index contributed by atoms with van der Waals surface area (Å²) >= 11 is 0. The summed E-state index contributed by atoms with van der Waals surface area (Å²) in [7, 11) is 0. The van der Waals surface area contributed by atoms with E-state index in [0.717, 1.165) is 22.2 Å². The Morgan fingerprint density at radius 3 is 2.56 bits per heavy atom. The number of aromatic nitrogens is 1. The van der Waals surface area contributed by atoms with Crippen LogP contribution in [0.2, 0.25) is 0 Å². The van der Waals surface area contributed by atoms with Crippen molar-refractivity contribution in [1.29, 1.82) is 0 Å². The highest BCUT2D eigenvalue weighted by molar-refractivity contribution is 5.85. The molecule has 1 aromatic heterocycles. The Balaban J connectivity index is 2.13. The lowest BCUT2D eigenvalue weighted by Crippen LogP contribution is -1.87. The van der Waals surface area contributed by atoms with E-state index in [2.05, 4.69) is 23.2 Å². The SMILES string of the molecule is OCc1cccc(-c2cc3ccccc3cn2)c1. The molecule has 0 fully saturated rings. The molecule has 0 atom stereocenters. The zero-order valence-corrected chi connectivity index (χ0v) is 9.88. The molecule has 0 bridgehead atoms. The van der Waals surface area contributed by atoms with Crippen LogP contribution in [0.5, 0.6) is 0 Å². The van der Waals surface area contributed by atoms with Gasteiger partial charge in [0.15, 0.2) is 0 Å². The van der Waals surface area contributed by atoms with Crippen molar-refractivity contribution >= 4 is 10.8 Å². The third-order valence-corrected chi connectivity index (χ3v) is 3.04. The summed E-state index contributed by atoms with van der Waals surface area (Å²) in [6.07, 6.45) is 1.89. The van der Waals surface area contributed by atoms with Gasteiger partial charge in [-0.05, 0) is 23.1 Å². The molecule has 0 aliphatic carbocycles. The second kappa shape index (κ2) is 4.59. The lowest BCUT2D eigenvalue weighted by Gasteiger charge is -2.04. The van der Waals surface area contributed by atoms with Crippen molar-refractivity contribution in [1.82, 2.24) is 4.98 Å². The van der Waals surface area contributed by atoms with Crippen molar-refractivity contribution in [2.24, 2.45) is 0 Å². The summed E-state index contributed by atoms with van der Waals surface area (Å²) in [6.45, 7) is 0.0570. The maximum Gasteiger partial charge on any atom is 0.0708 e. The Hall–Kier alpha value is -2.19. The first-order valence-corrected chi connectivity index (χ1v) is 5.92. The Kier molecular flexibility index (Phi) is 2.79. The molecule has 18 heavy (non-hydrogen) atoms. The van der Waals surface area contributed by atoms with E-state index in [-0.39, 0.29) is 6.61 Å². The van der Waals surface area contributed by atoms with Gasteiger partial charge in [0.05, 0.1) is 12.3 Å². The first-order chi connectivity index (χ1) is 8.86. The van der Waals surface area contributed by atoms with Crippen LogP contribution in [-0.2, 0) is 6.61 Å². The van der Waals surface area contributed by atoms with Crippen LogP contribution in [0.3, 0.4) is 0 Å². The smallest absolute Gasteiger partial charge is 0.0708 e. The van der Waals surface area contributed by atoms with Crippen LogP contribution in [-0.4, -0.2) is 10.1 Å². The number of benzene rings is 2. The van der Waals surface area contributed by atoms with E-state index in [1.54, 1.807) is 0 Å². The lowest BCUT2D eigenvalue weighted by atomic mass is 10.1. The van der Waals surface area contributed by atoms with Crippen molar-refractivity contribution in [2.75, 3.05) is 0 Å². The standard InChI is InChI=1S/C16H13NO/c18-11-12-4-3-7-14(8-12)16-9-13-5-1-2-6-15(13)10-17-16/h1-10,18H,11H2. The highest BCUT2D eigenvalue weighted by atomic mass is 16.3. The molecule has 0 saturated heterocycles. The highest BCUT2D eigenvalue weighted by Gasteiger charge is 2.01. The van der Waals surface area contributed by atoms with Gasteiger partial charge >= 0.3 is 0 Å². The summed E-state index contributed by atoms with van der Waals surface area (Å²) < 4.78 is 0. The molecule has 0 spiro atoms. The van der Waals surface area contributed by atoms with E-state index in [4.69, 9.17) is 5.11 Å². The Morgan fingerprint density at radius 2 is 1.72 bits per heavy atom. The fourth-order valence-electron chi connectivity index (χ4n) is 2.07. The van der Waals surface area contributed by atoms with Crippen molar-refractivity contribution in [3.05, 3.63) is 66.4 Å². The number of aliphatic hydroxyl groups excluding tert-OH is 1. The average molecular weight is 235 g/mol. The van der Waals surface area contributed by atoms with Crippen molar-refractivity contribution in [3.8, 4) is 11.3 Å². The topological polar surface area (TPSA) is 33.1 Å². The second-order valence-electron chi connectivity index (χ2n) is 4.28. The maximum atomic E-state index is 9.16. The van der Waals surface area contributed by atoms with Crippen LogP contribution >= 0.6 is 0 Å². The van der Waals surface area contributed by atoms with E-state index in [1.807, 2.05) is 42.6 Å². The zero-order chi connectivity index (χ0) is 12.4. The minimum atomic E-state index is 0.0570. The van der Waals surface area contributed by atoms with E-state index in [1.165, 1.54) is 5.39 Å². The fraction of sp³-hybridized carbons (Fsp3) is 0.0625. The third-order valence-electron chi connectivity index (χ3n) is 3.04. The van der Waals surface area contributed by atoms with Gasteiger partial charge in [-0.25, -0.2) is 0 Å². The van der Waals surface area contributed by atoms with Gasteiger partial charge in [-0.1, -0.05) is 42.5 Å². The van der Waals surface area contributed by atoms with Gasteiger partial charge in [0.25, 0.3) is 0 Å². The Labute approximate surface area is 106 Å². The molecule has 2 aromatic carbocycles. The van der Waals surface area contributed by atoms with E-state index < -0.39 is 0 Å². The van der Waals surface area contributed by atoms with Crippen molar-refractivity contribution < 1.29 is 5.11 Å². The summed E-state index contributed by atoms with van der Waals surface area (Å²) in [5.74, 6) is 0. The molecule has 0 radical (unpaired) electrons. The number of rotatable bonds is 2. The largest absolute Gasteiger partial charge is 0.392 e. The van der Waals surface area contributed by atoms with Crippen molar-refractivity contribution in [3.63, 3.8) is 0 Å². The van der Waals surface area contributed by atoms with Crippen LogP contribution in [0, 0.1) is 0 Å². The van der Waals surface area contributed by atoms with Gasteiger partial charge in [-0.15, -0.1) is 0 Å². The minimum absolute atomic E-state index is 0.0570. The summed E-state index contributed by atoms with van der Waals surface area (Å²) in [4.78, 5) is 4.47. The number of hydrogen-bond acceptors (Lipinski definition) is 2. The Morgan fingerprint density at radius 1 is 0.889 bits per heavy atom. The number of hydrogen-bond donors (Lipinski definition) is 1. The van der Waals surface area contributed by atoms with Crippen LogP contribution in [0.25, 0.3) is 22.0 Å². The van der Waals surface area contributed by atoms with Gasteiger partial charge in [0.1, 0.15) is 0 Å². The molecule has 2 nitrogen and oxygen atoms in total. The van der Waals surface area contributed by atoms with Gasteiger partial charge in [-0.2, -0.15) is 0 Å². The van der Waals surface area contributed by atoms with Crippen LogP contribution < -0.4 is 0 Å². The third kappa shape index (κ3) is 1.98. The van der Waals surface area contributed by atoms with Crippen LogP contribution in [0.15, 0.2) is 60.8 Å². The van der Waals surface area contributed by atoms with Crippen molar-refractivity contribution in [2.45, 2.75) is 6.61 Å². The Bertz CT molecular complexity index is 691. The average Bonchev–Trinajstić information content (AvgIpc) is 2.47. The summed E-state index contributed by atoms with van der Waals surface area (Å²) in [5.41, 5.74) is 2.87. The normalized spacial score (nSPS) is 10.7. The molecular formula is C16H13NO. The first kappa shape index (κ1) is 10.9. The minimum Gasteiger partial charge on any atom is -0.392 e. The number of pyridine rings is 1. The molecule has 1 N–H and O–H groups in total. The zero-order valence-electron chi connectivity index (χ0n) is 9.88. The van der Waals surface area contributed by atoms with E-state index >= 15 is 0 Å². The molecule has 0 unspecified atom stereocenters. The molecular weight excluding hydrogens is 222 g/mol. The molecule has 2 heteroatoms. The molecule has 3 rings (SSSR count). The van der Waals surface area contributed by atoms with Gasteiger partial charge < -0.3 is 5.11 Å². The molecule has 88 valence electrons. The summed E-state index contributed by atoms with van der Waals surface area (Å²) in [6, 6.07) is 18.1. The molecule has 1 heterocycles. The van der Waals surface area contributed by atoms with E-state index in [0.29, 0.717) is 0 Å². The second-order valence-corrected chi connectivity index (χ2v) is 4.28. The fourth-order valence-corrected chi connectivity index (χ4v) is 2.07. The first-order valence-electron chi connectivity index (χ1n) is 5.92. The quantitative estimate of drug-likeness (QED) is 0.738. The van der Waals surface area contributed by atoms with Gasteiger partial charge in [-0.3, -0.25) is 4.98 Å². The lowest BCUT2D eigenvalue weighted by molar-refractivity contribution is 0.282. The van der Waals surface area contributed by atoms with Crippen LogP contribution in [0.4, 0.5) is 0 Å². The monoisotopic (exact) mass is 235 g/mol. The molecule has 3 aromatic rings. The number of nitrogens with zero attached hydrogens (tertiary/aromatic N) is 1.